The third kappa shape index (κ3) is 28.1. The minimum Gasteiger partial charge on any atom is -0.462 e. The number of carbonyl (C=O) groups excluding carboxylic acids is 2. The van der Waals surface area contributed by atoms with Crippen LogP contribution in [0.4, 0.5) is 0 Å². The molecular weight excluding hydrogens is 546 g/mol. The molecule has 0 aliphatic rings. The van der Waals surface area contributed by atoms with Crippen LogP contribution in [0, 0.1) is 10.8 Å². The van der Waals surface area contributed by atoms with Gasteiger partial charge in [-0.15, -0.1) is 0 Å². The van der Waals surface area contributed by atoms with Crippen molar-refractivity contribution in [2.45, 2.75) is 195 Å². The minimum absolute atomic E-state index is 0.0300. The summed E-state index contributed by atoms with van der Waals surface area (Å²) < 4.78 is 11.5. The number of carbonyl (C=O) groups is 2. The van der Waals surface area contributed by atoms with Crippen LogP contribution in [-0.4, -0.2) is 38.2 Å². The van der Waals surface area contributed by atoms with Crippen molar-refractivity contribution in [1.82, 2.24) is 5.32 Å². The Bertz CT molecular complexity index is 715. The first kappa shape index (κ1) is 42.6. The van der Waals surface area contributed by atoms with Gasteiger partial charge in [-0.05, 0) is 75.8 Å². The Kier molecular flexibility index (Phi) is 27.0. The molecule has 0 spiro atoms. The molecule has 0 aromatic carbocycles. The molecule has 0 aromatic heterocycles. The van der Waals surface area contributed by atoms with Crippen molar-refractivity contribution in [2.75, 3.05) is 20.2 Å². The molecule has 0 amide bonds. The highest BCUT2D eigenvalue weighted by atomic mass is 16.5. The van der Waals surface area contributed by atoms with Gasteiger partial charge in [-0.3, -0.25) is 9.59 Å². The highest BCUT2D eigenvalue weighted by Crippen LogP contribution is 2.36. The zero-order valence-corrected chi connectivity index (χ0v) is 30.5. The molecule has 0 saturated heterocycles. The Balaban J connectivity index is 4.34. The van der Waals surface area contributed by atoms with Crippen molar-refractivity contribution in [2.24, 2.45) is 10.8 Å². The second kappa shape index (κ2) is 27.9. The van der Waals surface area contributed by atoms with Gasteiger partial charge in [0, 0.05) is 6.42 Å². The van der Waals surface area contributed by atoms with Gasteiger partial charge < -0.3 is 14.8 Å². The van der Waals surface area contributed by atoms with Gasteiger partial charge in [-0.1, -0.05) is 137 Å². The summed E-state index contributed by atoms with van der Waals surface area (Å²) in [6.07, 6.45) is 29.7. The molecule has 0 aliphatic carbocycles. The monoisotopic (exact) mass is 622 g/mol. The van der Waals surface area contributed by atoms with Crippen molar-refractivity contribution in [1.29, 1.82) is 0 Å². The number of rotatable bonds is 31. The van der Waals surface area contributed by atoms with Crippen LogP contribution >= 0.6 is 0 Å². The number of esters is 2. The van der Waals surface area contributed by atoms with Crippen LogP contribution in [-0.2, 0) is 19.1 Å². The normalized spacial score (nSPS) is 13.0. The van der Waals surface area contributed by atoms with E-state index in [1.807, 2.05) is 13.1 Å². The molecule has 0 heterocycles. The fourth-order valence-corrected chi connectivity index (χ4v) is 6.55. The van der Waals surface area contributed by atoms with Crippen molar-refractivity contribution in [3.8, 4) is 0 Å². The van der Waals surface area contributed by atoms with E-state index in [-0.39, 0.29) is 28.9 Å². The fourth-order valence-electron chi connectivity index (χ4n) is 6.55. The van der Waals surface area contributed by atoms with Crippen LogP contribution in [0.1, 0.15) is 189 Å². The molecule has 1 N–H and O–H groups in total. The maximum absolute atomic E-state index is 13.0. The molecule has 0 radical (unpaired) electrons. The standard InChI is InChI=1S/C39H75NO4/c1-8-10-12-14-16-20-24-28-35(44-37(42)32-38(3,4)33-39(5,6)34-40-7)29-25-21-17-18-22-26-30-36(41)43-31-27-23-19-15-13-11-9-2/h23,27,35,40H,8-22,24-26,28-34H2,1-7H3/b27-23-. The highest BCUT2D eigenvalue weighted by Gasteiger charge is 2.31. The lowest BCUT2D eigenvalue weighted by Crippen LogP contribution is -2.33. The summed E-state index contributed by atoms with van der Waals surface area (Å²) in [5, 5.41) is 3.29. The van der Waals surface area contributed by atoms with Gasteiger partial charge in [0.1, 0.15) is 12.7 Å². The van der Waals surface area contributed by atoms with Crippen LogP contribution in [0.2, 0.25) is 0 Å². The SMILES string of the molecule is CCCCCC/C=C\COC(=O)CCCCCCCCC(CCCCCCCCC)OC(=O)CC(C)(C)CC(C)(C)CNC. The molecule has 0 bridgehead atoms. The van der Waals surface area contributed by atoms with E-state index in [9.17, 15) is 9.59 Å². The summed E-state index contributed by atoms with van der Waals surface area (Å²) in [7, 11) is 1.99. The van der Waals surface area contributed by atoms with Gasteiger partial charge in [0.2, 0.25) is 0 Å². The van der Waals surface area contributed by atoms with Crippen LogP contribution in [0.5, 0.6) is 0 Å². The number of nitrogens with one attached hydrogen (secondary N) is 1. The fraction of sp³-hybridized carbons (Fsp3) is 0.897. The second-order valence-electron chi connectivity index (χ2n) is 14.9. The summed E-state index contributed by atoms with van der Waals surface area (Å²) in [6.45, 7) is 14.8. The number of ether oxygens (including phenoxy) is 2. The molecule has 0 aromatic rings. The van der Waals surface area contributed by atoms with Gasteiger partial charge in [0.25, 0.3) is 0 Å². The Hall–Kier alpha value is -1.36. The van der Waals surface area contributed by atoms with Gasteiger partial charge in [-0.25, -0.2) is 0 Å². The molecule has 5 nitrogen and oxygen atoms in total. The Labute approximate surface area is 274 Å². The van der Waals surface area contributed by atoms with Crippen LogP contribution in [0.25, 0.3) is 0 Å². The third-order valence-electron chi connectivity index (χ3n) is 8.55. The topological polar surface area (TPSA) is 64.6 Å². The Morgan fingerprint density at radius 2 is 1.18 bits per heavy atom. The number of hydrogen-bond donors (Lipinski definition) is 1. The van der Waals surface area contributed by atoms with E-state index in [1.54, 1.807) is 0 Å². The van der Waals surface area contributed by atoms with E-state index in [0.717, 1.165) is 70.8 Å². The van der Waals surface area contributed by atoms with Gasteiger partial charge in [0.05, 0.1) is 6.42 Å². The van der Waals surface area contributed by atoms with E-state index in [4.69, 9.17) is 9.47 Å². The van der Waals surface area contributed by atoms with Crippen molar-refractivity contribution < 1.29 is 19.1 Å². The minimum atomic E-state index is -0.0850. The van der Waals surface area contributed by atoms with E-state index in [2.05, 4.69) is 52.9 Å². The predicted molar refractivity (Wildman–Crippen MR) is 189 cm³/mol. The summed E-state index contributed by atoms with van der Waals surface area (Å²) in [6, 6.07) is 0. The zero-order chi connectivity index (χ0) is 32.9. The molecular formula is C39H75NO4. The van der Waals surface area contributed by atoms with Crippen molar-refractivity contribution in [3.05, 3.63) is 12.2 Å². The molecule has 1 atom stereocenters. The first-order chi connectivity index (χ1) is 21.0. The average Bonchev–Trinajstić information content (AvgIpc) is 2.94. The van der Waals surface area contributed by atoms with Gasteiger partial charge in [0.15, 0.2) is 0 Å². The Morgan fingerprint density at radius 1 is 0.659 bits per heavy atom. The largest absolute Gasteiger partial charge is 0.462 e. The first-order valence-electron chi connectivity index (χ1n) is 18.7. The van der Waals surface area contributed by atoms with E-state index in [1.165, 1.54) is 70.6 Å². The van der Waals surface area contributed by atoms with Gasteiger partial charge in [-0.2, -0.15) is 0 Å². The smallest absolute Gasteiger partial charge is 0.306 e. The maximum Gasteiger partial charge on any atom is 0.306 e. The molecule has 0 fully saturated rings. The zero-order valence-electron chi connectivity index (χ0n) is 30.5. The van der Waals surface area contributed by atoms with E-state index >= 15 is 0 Å². The third-order valence-corrected chi connectivity index (χ3v) is 8.55. The molecule has 0 aliphatic heterocycles. The van der Waals surface area contributed by atoms with Crippen LogP contribution in [0.3, 0.4) is 0 Å². The predicted octanol–water partition coefficient (Wildman–Crippen LogP) is 11.3. The molecule has 0 saturated carbocycles. The Morgan fingerprint density at radius 3 is 1.75 bits per heavy atom. The maximum atomic E-state index is 13.0. The summed E-state index contributed by atoms with van der Waals surface area (Å²) in [5.74, 6) is -0.109. The average molecular weight is 622 g/mol. The first-order valence-corrected chi connectivity index (χ1v) is 18.7. The molecule has 5 heteroatoms. The lowest BCUT2D eigenvalue weighted by Gasteiger charge is -2.34. The second-order valence-corrected chi connectivity index (χ2v) is 14.9. The summed E-state index contributed by atoms with van der Waals surface area (Å²) in [4.78, 5) is 25.0. The lowest BCUT2D eigenvalue weighted by molar-refractivity contribution is -0.152. The quantitative estimate of drug-likeness (QED) is 0.0474. The molecule has 0 rings (SSSR count). The summed E-state index contributed by atoms with van der Waals surface area (Å²) >= 11 is 0. The number of hydrogen-bond acceptors (Lipinski definition) is 5. The molecule has 44 heavy (non-hydrogen) atoms. The lowest BCUT2D eigenvalue weighted by atomic mass is 9.73. The van der Waals surface area contributed by atoms with Crippen LogP contribution < -0.4 is 5.32 Å². The summed E-state index contributed by atoms with van der Waals surface area (Å²) in [5.41, 5.74) is 0.0544. The number of unbranched alkanes of at least 4 members (excludes halogenated alkanes) is 15. The van der Waals surface area contributed by atoms with Crippen molar-refractivity contribution in [3.63, 3.8) is 0 Å². The van der Waals surface area contributed by atoms with Crippen LogP contribution in [0.15, 0.2) is 12.2 Å². The highest BCUT2D eigenvalue weighted by molar-refractivity contribution is 5.70. The molecule has 260 valence electrons. The number of allylic oxidation sites excluding steroid dienone is 1. The van der Waals surface area contributed by atoms with E-state index < -0.39 is 0 Å². The van der Waals surface area contributed by atoms with Gasteiger partial charge >= 0.3 is 11.9 Å². The molecule has 1 unspecified atom stereocenters. The van der Waals surface area contributed by atoms with Crippen molar-refractivity contribution >= 4 is 11.9 Å². The van der Waals surface area contributed by atoms with E-state index in [0.29, 0.717) is 19.4 Å².